The molecule has 2 N–H and O–H groups in total. The Morgan fingerprint density at radius 1 is 1.16 bits per heavy atom. The van der Waals surface area contributed by atoms with Crippen molar-refractivity contribution in [1.29, 1.82) is 0 Å². The SMILES string of the molecule is CC1=CCC[C@H]2[C@](C)(Cc3cc(O)ccc3O)[C@@H](C)CC[C@]12C.CCCC.COC(C)=O. The third kappa shape index (κ3) is 6.76. The lowest BCUT2D eigenvalue weighted by molar-refractivity contribution is -0.137. The summed E-state index contributed by atoms with van der Waals surface area (Å²) in [6.07, 6.45) is 10.8. The van der Waals surface area contributed by atoms with Crippen LogP contribution in [-0.2, 0) is 16.0 Å². The van der Waals surface area contributed by atoms with Crippen LogP contribution in [0.2, 0.25) is 0 Å². The van der Waals surface area contributed by atoms with Crippen molar-refractivity contribution in [2.24, 2.45) is 22.7 Å². The predicted octanol–water partition coefficient (Wildman–Crippen LogP) is 7.42. The van der Waals surface area contributed by atoms with Crippen molar-refractivity contribution in [3.8, 4) is 11.5 Å². The average Bonchev–Trinajstić information content (AvgIpc) is 2.76. The first kappa shape index (κ1) is 28.1. The molecule has 1 saturated carbocycles. The number of unbranched alkanes of at least 4 members (excludes halogenated alkanes) is 1. The molecular formula is C28H46O4. The number of methoxy groups -OCH3 is 1. The Balaban J connectivity index is 0.000000485. The number of hydrogen-bond acceptors (Lipinski definition) is 4. The van der Waals surface area contributed by atoms with Gasteiger partial charge in [-0.3, -0.25) is 4.79 Å². The zero-order valence-electron chi connectivity index (χ0n) is 21.6. The van der Waals surface area contributed by atoms with E-state index in [1.807, 2.05) is 0 Å². The van der Waals surface area contributed by atoms with Crippen molar-refractivity contribution >= 4 is 5.97 Å². The summed E-state index contributed by atoms with van der Waals surface area (Å²) in [5, 5.41) is 20.1. The molecule has 0 heterocycles. The summed E-state index contributed by atoms with van der Waals surface area (Å²) in [6.45, 7) is 15.2. The Bertz CT molecular complexity index is 767. The van der Waals surface area contributed by atoms with Crippen LogP contribution in [0.25, 0.3) is 0 Å². The third-order valence-corrected chi connectivity index (χ3v) is 8.02. The van der Waals surface area contributed by atoms with Crippen LogP contribution in [0, 0.1) is 22.7 Å². The summed E-state index contributed by atoms with van der Waals surface area (Å²) in [5.41, 5.74) is 2.86. The van der Waals surface area contributed by atoms with Crippen LogP contribution in [-0.4, -0.2) is 23.3 Å². The molecule has 0 spiro atoms. The van der Waals surface area contributed by atoms with Crippen molar-refractivity contribution < 1.29 is 19.7 Å². The minimum absolute atomic E-state index is 0.147. The Hall–Kier alpha value is -1.97. The van der Waals surface area contributed by atoms with Gasteiger partial charge in [0.2, 0.25) is 0 Å². The number of fused-ring (bicyclic) bond motifs is 1. The molecule has 2 aliphatic rings. The summed E-state index contributed by atoms with van der Waals surface area (Å²) in [6, 6.07) is 4.92. The molecule has 32 heavy (non-hydrogen) atoms. The van der Waals surface area contributed by atoms with Crippen molar-refractivity contribution in [2.75, 3.05) is 7.11 Å². The maximum absolute atomic E-state index is 10.3. The van der Waals surface area contributed by atoms with Crippen molar-refractivity contribution in [2.45, 2.75) is 93.4 Å². The van der Waals surface area contributed by atoms with Gasteiger partial charge >= 0.3 is 5.97 Å². The molecule has 182 valence electrons. The summed E-state index contributed by atoms with van der Waals surface area (Å²) >= 11 is 0. The van der Waals surface area contributed by atoms with E-state index >= 15 is 0 Å². The number of esters is 1. The zero-order valence-corrected chi connectivity index (χ0v) is 21.6. The number of carbonyl (C=O) groups excluding carboxylic acids is 1. The molecule has 0 aliphatic heterocycles. The number of ether oxygens (including phenoxy) is 1. The molecule has 0 unspecified atom stereocenters. The number of rotatable bonds is 3. The van der Waals surface area contributed by atoms with E-state index < -0.39 is 0 Å². The highest BCUT2D eigenvalue weighted by Gasteiger charge is 2.53. The van der Waals surface area contributed by atoms with Gasteiger partial charge in [0.05, 0.1) is 7.11 Å². The van der Waals surface area contributed by atoms with Gasteiger partial charge in [0, 0.05) is 6.92 Å². The van der Waals surface area contributed by atoms with E-state index in [2.05, 4.69) is 52.4 Å². The number of carbonyl (C=O) groups is 1. The minimum atomic E-state index is -0.245. The molecule has 0 saturated heterocycles. The molecule has 0 bridgehead atoms. The van der Waals surface area contributed by atoms with E-state index in [1.165, 1.54) is 52.6 Å². The number of allylic oxidation sites excluding steroid dienone is 2. The van der Waals surface area contributed by atoms with Gasteiger partial charge in [-0.15, -0.1) is 0 Å². The fraction of sp³-hybridized carbons (Fsp3) is 0.679. The average molecular weight is 447 g/mol. The monoisotopic (exact) mass is 446 g/mol. The lowest BCUT2D eigenvalue weighted by atomic mass is 9.47. The highest BCUT2D eigenvalue weighted by molar-refractivity contribution is 5.65. The van der Waals surface area contributed by atoms with Gasteiger partial charge in [0.25, 0.3) is 0 Å². The van der Waals surface area contributed by atoms with Gasteiger partial charge in [-0.2, -0.15) is 0 Å². The zero-order chi connectivity index (χ0) is 24.5. The molecule has 4 nitrogen and oxygen atoms in total. The highest BCUT2D eigenvalue weighted by Crippen LogP contribution is 2.61. The van der Waals surface area contributed by atoms with Crippen LogP contribution >= 0.6 is 0 Å². The topological polar surface area (TPSA) is 66.8 Å². The summed E-state index contributed by atoms with van der Waals surface area (Å²) in [7, 11) is 1.35. The normalized spacial score (nSPS) is 28.7. The van der Waals surface area contributed by atoms with Crippen LogP contribution in [0.3, 0.4) is 0 Å². The van der Waals surface area contributed by atoms with E-state index in [0.29, 0.717) is 17.6 Å². The van der Waals surface area contributed by atoms with Crippen LogP contribution in [0.15, 0.2) is 29.8 Å². The number of phenols is 2. The molecule has 0 aromatic heterocycles. The Morgan fingerprint density at radius 3 is 2.28 bits per heavy atom. The standard InChI is InChI=1S/C21H30O2.C4H10.C3H6O2/c1-14-6-5-7-19-20(14,3)11-10-15(2)21(19,4)13-16-12-17(22)8-9-18(16)23;1-3-4-2;1-3(4)5-2/h6,8-9,12,15,19,22-23H,5,7,10-11,13H2,1-4H3;3-4H2,1-2H3;1-2H3/t15-,19+,20+,21+;;/m0../s1. The maximum Gasteiger partial charge on any atom is 0.302 e. The van der Waals surface area contributed by atoms with E-state index in [9.17, 15) is 15.0 Å². The highest BCUT2D eigenvalue weighted by atomic mass is 16.5. The van der Waals surface area contributed by atoms with Gasteiger partial charge in [0.1, 0.15) is 11.5 Å². The molecule has 4 atom stereocenters. The number of aromatic hydroxyl groups is 2. The second kappa shape index (κ2) is 12.3. The first-order valence-electron chi connectivity index (χ1n) is 12.2. The molecule has 4 heteroatoms. The van der Waals surface area contributed by atoms with Crippen molar-refractivity contribution in [1.82, 2.24) is 0 Å². The maximum atomic E-state index is 10.3. The minimum Gasteiger partial charge on any atom is -0.508 e. The van der Waals surface area contributed by atoms with Crippen molar-refractivity contribution in [3.63, 3.8) is 0 Å². The first-order chi connectivity index (χ1) is 15.0. The van der Waals surface area contributed by atoms with Gasteiger partial charge in [-0.25, -0.2) is 0 Å². The molecular weight excluding hydrogens is 400 g/mol. The Morgan fingerprint density at radius 2 is 1.75 bits per heavy atom. The second-order valence-electron chi connectivity index (χ2n) is 10.1. The van der Waals surface area contributed by atoms with E-state index in [-0.39, 0.29) is 22.5 Å². The van der Waals surface area contributed by atoms with Gasteiger partial charge in [0.15, 0.2) is 0 Å². The van der Waals surface area contributed by atoms with Gasteiger partial charge in [-0.1, -0.05) is 59.1 Å². The van der Waals surface area contributed by atoms with Crippen molar-refractivity contribution in [3.05, 3.63) is 35.4 Å². The summed E-state index contributed by atoms with van der Waals surface area (Å²) < 4.78 is 4.11. The first-order valence-corrected chi connectivity index (χ1v) is 12.2. The van der Waals surface area contributed by atoms with E-state index in [0.717, 1.165) is 12.0 Å². The molecule has 1 fully saturated rings. The fourth-order valence-electron chi connectivity index (χ4n) is 5.33. The fourth-order valence-corrected chi connectivity index (χ4v) is 5.33. The van der Waals surface area contributed by atoms with Gasteiger partial charge < -0.3 is 14.9 Å². The number of hydrogen-bond donors (Lipinski definition) is 2. The number of benzene rings is 1. The molecule has 0 amide bonds. The van der Waals surface area contributed by atoms with Crippen LogP contribution in [0.5, 0.6) is 11.5 Å². The predicted molar refractivity (Wildman–Crippen MR) is 133 cm³/mol. The lowest BCUT2D eigenvalue weighted by Gasteiger charge is -2.58. The molecule has 1 aromatic rings. The Kier molecular flexibility index (Phi) is 10.8. The smallest absolute Gasteiger partial charge is 0.302 e. The molecule has 2 aliphatic carbocycles. The Labute approximate surface area is 196 Å². The van der Waals surface area contributed by atoms with E-state index in [4.69, 9.17) is 0 Å². The lowest BCUT2D eigenvalue weighted by Crippen LogP contribution is -2.50. The summed E-state index contributed by atoms with van der Waals surface area (Å²) in [4.78, 5) is 9.59. The van der Waals surface area contributed by atoms with Gasteiger partial charge in [-0.05, 0) is 85.5 Å². The van der Waals surface area contributed by atoms with Crippen LogP contribution in [0.1, 0.15) is 92.6 Å². The van der Waals surface area contributed by atoms with Crippen LogP contribution < -0.4 is 0 Å². The summed E-state index contributed by atoms with van der Waals surface area (Å²) in [5.74, 6) is 1.56. The van der Waals surface area contributed by atoms with Crippen LogP contribution in [0.4, 0.5) is 0 Å². The molecule has 1 aromatic carbocycles. The third-order valence-electron chi connectivity index (χ3n) is 8.02. The number of phenolic OH excluding ortho intramolecular Hbond substituents is 2. The largest absolute Gasteiger partial charge is 0.508 e. The molecule has 3 rings (SSSR count). The van der Waals surface area contributed by atoms with E-state index in [1.54, 1.807) is 23.8 Å². The quantitative estimate of drug-likeness (QED) is 0.288. The molecule has 0 radical (unpaired) electrons. The second-order valence-corrected chi connectivity index (χ2v) is 10.1.